The molecule has 0 aliphatic carbocycles. The molecule has 1 unspecified atom stereocenters. The van der Waals surface area contributed by atoms with Crippen LogP contribution in [-0.2, 0) is 13.0 Å². The lowest BCUT2D eigenvalue weighted by atomic mass is 10.1. The summed E-state index contributed by atoms with van der Waals surface area (Å²) in [6, 6.07) is 10.5. The summed E-state index contributed by atoms with van der Waals surface area (Å²) in [5.74, 6) is 0. The Hall–Kier alpha value is -1.32. The Bertz CT molecular complexity index is 530. The van der Waals surface area contributed by atoms with Gasteiger partial charge < -0.3 is 10.0 Å². The van der Waals surface area contributed by atoms with Crippen LogP contribution >= 0.6 is 11.3 Å². The zero-order valence-corrected chi connectivity index (χ0v) is 11.3. The van der Waals surface area contributed by atoms with Gasteiger partial charge in [-0.3, -0.25) is 0 Å². The van der Waals surface area contributed by atoms with Crippen LogP contribution in [0.1, 0.15) is 29.0 Å². The van der Waals surface area contributed by atoms with E-state index in [-0.39, 0.29) is 6.10 Å². The molecule has 1 atom stereocenters. The summed E-state index contributed by atoms with van der Waals surface area (Å²) in [7, 11) is 0. The summed E-state index contributed by atoms with van der Waals surface area (Å²) in [5.41, 5.74) is 3.69. The Morgan fingerprint density at radius 2 is 2.00 bits per heavy atom. The minimum atomic E-state index is -0.385. The van der Waals surface area contributed by atoms with Gasteiger partial charge in [0.2, 0.25) is 0 Å². The second kappa shape index (κ2) is 4.75. The van der Waals surface area contributed by atoms with Crippen LogP contribution in [0.2, 0.25) is 0 Å². The molecule has 3 rings (SSSR count). The molecule has 0 amide bonds. The fourth-order valence-electron chi connectivity index (χ4n) is 2.43. The van der Waals surface area contributed by atoms with Crippen molar-refractivity contribution in [1.29, 1.82) is 0 Å². The van der Waals surface area contributed by atoms with Crippen LogP contribution in [0.4, 0.5) is 5.69 Å². The second-order valence-corrected chi connectivity index (χ2v) is 5.81. The number of fused-ring (bicyclic) bond motifs is 1. The van der Waals surface area contributed by atoms with E-state index in [1.807, 2.05) is 23.5 Å². The molecular weight excluding hydrogens is 242 g/mol. The Morgan fingerprint density at radius 1 is 1.22 bits per heavy atom. The van der Waals surface area contributed by atoms with Crippen LogP contribution in [0.5, 0.6) is 0 Å². The standard InChI is InChI=1S/C15H17NOS/c1-11(17)12-2-4-14(5-3-12)16-8-6-15-13(10-16)7-9-18-15/h2-5,7,9,11,17H,6,8,10H2,1H3. The van der Waals surface area contributed by atoms with Crippen molar-refractivity contribution >= 4 is 17.0 Å². The fourth-order valence-corrected chi connectivity index (χ4v) is 3.32. The number of benzene rings is 1. The Kier molecular flexibility index (Phi) is 3.10. The molecule has 2 nitrogen and oxygen atoms in total. The van der Waals surface area contributed by atoms with Crippen LogP contribution < -0.4 is 4.90 Å². The van der Waals surface area contributed by atoms with Gasteiger partial charge >= 0.3 is 0 Å². The van der Waals surface area contributed by atoms with E-state index < -0.39 is 0 Å². The lowest BCUT2D eigenvalue weighted by Gasteiger charge is -2.29. The van der Waals surface area contributed by atoms with Crippen molar-refractivity contribution in [1.82, 2.24) is 0 Å². The molecular formula is C15H17NOS. The molecule has 0 saturated carbocycles. The van der Waals surface area contributed by atoms with E-state index in [1.165, 1.54) is 16.1 Å². The zero-order valence-electron chi connectivity index (χ0n) is 10.5. The van der Waals surface area contributed by atoms with Crippen molar-refractivity contribution in [3.63, 3.8) is 0 Å². The number of nitrogens with zero attached hydrogens (tertiary/aromatic N) is 1. The van der Waals surface area contributed by atoms with Gasteiger partial charge in [0.05, 0.1) is 6.10 Å². The highest BCUT2D eigenvalue weighted by Gasteiger charge is 2.17. The maximum atomic E-state index is 9.52. The molecule has 2 heterocycles. The van der Waals surface area contributed by atoms with Gasteiger partial charge in [-0.05, 0) is 48.1 Å². The van der Waals surface area contributed by atoms with Crippen LogP contribution in [0.3, 0.4) is 0 Å². The van der Waals surface area contributed by atoms with E-state index in [2.05, 4.69) is 28.5 Å². The zero-order chi connectivity index (χ0) is 12.5. The molecule has 1 aliphatic heterocycles. The summed E-state index contributed by atoms with van der Waals surface area (Å²) in [5, 5.41) is 11.7. The largest absolute Gasteiger partial charge is 0.389 e. The lowest BCUT2D eigenvalue weighted by molar-refractivity contribution is 0.199. The molecule has 18 heavy (non-hydrogen) atoms. The Balaban J connectivity index is 1.80. The molecule has 0 bridgehead atoms. The maximum absolute atomic E-state index is 9.52. The first-order valence-corrected chi connectivity index (χ1v) is 7.20. The molecule has 94 valence electrons. The summed E-state index contributed by atoms with van der Waals surface area (Å²) in [6.45, 7) is 3.89. The maximum Gasteiger partial charge on any atom is 0.0761 e. The third-order valence-corrected chi connectivity index (χ3v) is 4.57. The predicted octanol–water partition coefficient (Wildman–Crippen LogP) is 3.36. The normalized spacial score (nSPS) is 16.4. The van der Waals surface area contributed by atoms with Gasteiger partial charge in [-0.25, -0.2) is 0 Å². The van der Waals surface area contributed by atoms with Crippen molar-refractivity contribution in [3.8, 4) is 0 Å². The molecule has 3 heteroatoms. The first kappa shape index (κ1) is 11.8. The topological polar surface area (TPSA) is 23.5 Å². The van der Waals surface area contributed by atoms with E-state index in [0.717, 1.165) is 25.1 Å². The van der Waals surface area contributed by atoms with Crippen LogP contribution in [0, 0.1) is 0 Å². The second-order valence-electron chi connectivity index (χ2n) is 4.81. The smallest absolute Gasteiger partial charge is 0.0761 e. The predicted molar refractivity (Wildman–Crippen MR) is 76.1 cm³/mol. The first-order valence-electron chi connectivity index (χ1n) is 6.32. The number of rotatable bonds is 2. The van der Waals surface area contributed by atoms with Crippen molar-refractivity contribution in [2.24, 2.45) is 0 Å². The fraction of sp³-hybridized carbons (Fsp3) is 0.333. The van der Waals surface area contributed by atoms with Gasteiger partial charge in [-0.1, -0.05) is 12.1 Å². The molecule has 1 N–H and O–H groups in total. The third kappa shape index (κ3) is 2.16. The van der Waals surface area contributed by atoms with Crippen molar-refractivity contribution in [2.45, 2.75) is 26.0 Å². The lowest BCUT2D eigenvalue weighted by Crippen LogP contribution is -2.29. The third-order valence-electron chi connectivity index (χ3n) is 3.55. The summed E-state index contributed by atoms with van der Waals surface area (Å²) < 4.78 is 0. The average molecular weight is 259 g/mol. The van der Waals surface area contributed by atoms with E-state index in [1.54, 1.807) is 6.92 Å². The SMILES string of the molecule is CC(O)c1ccc(N2CCc3sccc3C2)cc1. The van der Waals surface area contributed by atoms with Crippen LogP contribution in [-0.4, -0.2) is 11.7 Å². The molecule has 0 spiro atoms. The van der Waals surface area contributed by atoms with E-state index in [9.17, 15) is 5.11 Å². The number of hydrogen-bond acceptors (Lipinski definition) is 3. The average Bonchev–Trinajstić information content (AvgIpc) is 2.86. The molecule has 1 aliphatic rings. The number of hydrogen-bond donors (Lipinski definition) is 1. The number of aliphatic hydroxyl groups excluding tert-OH is 1. The minimum Gasteiger partial charge on any atom is -0.389 e. The molecule has 1 aromatic carbocycles. The van der Waals surface area contributed by atoms with Crippen LogP contribution in [0.25, 0.3) is 0 Å². The van der Waals surface area contributed by atoms with E-state index >= 15 is 0 Å². The van der Waals surface area contributed by atoms with Gasteiger partial charge in [0.15, 0.2) is 0 Å². The number of aliphatic hydroxyl groups is 1. The molecule has 2 aromatic rings. The van der Waals surface area contributed by atoms with E-state index in [0.29, 0.717) is 0 Å². The van der Waals surface area contributed by atoms with Gasteiger partial charge in [0.25, 0.3) is 0 Å². The number of thiophene rings is 1. The Morgan fingerprint density at radius 3 is 2.72 bits per heavy atom. The monoisotopic (exact) mass is 259 g/mol. The highest BCUT2D eigenvalue weighted by atomic mass is 32.1. The summed E-state index contributed by atoms with van der Waals surface area (Å²) in [6.07, 6.45) is 0.759. The van der Waals surface area contributed by atoms with Crippen molar-refractivity contribution < 1.29 is 5.11 Å². The Labute approximate surface area is 112 Å². The molecule has 0 fully saturated rings. The highest BCUT2D eigenvalue weighted by molar-refractivity contribution is 7.10. The summed E-state index contributed by atoms with van der Waals surface area (Å²) >= 11 is 1.87. The van der Waals surface area contributed by atoms with Gasteiger partial charge in [-0.15, -0.1) is 11.3 Å². The van der Waals surface area contributed by atoms with Gasteiger partial charge in [-0.2, -0.15) is 0 Å². The van der Waals surface area contributed by atoms with Gasteiger partial charge in [0, 0.05) is 23.7 Å². The highest BCUT2D eigenvalue weighted by Crippen LogP contribution is 2.28. The summed E-state index contributed by atoms with van der Waals surface area (Å²) in [4.78, 5) is 3.94. The van der Waals surface area contributed by atoms with Crippen molar-refractivity contribution in [3.05, 3.63) is 51.7 Å². The minimum absolute atomic E-state index is 0.385. The molecule has 0 radical (unpaired) electrons. The van der Waals surface area contributed by atoms with Gasteiger partial charge in [0.1, 0.15) is 0 Å². The molecule has 0 saturated heterocycles. The number of anilines is 1. The quantitative estimate of drug-likeness (QED) is 0.894. The van der Waals surface area contributed by atoms with Crippen LogP contribution in [0.15, 0.2) is 35.7 Å². The van der Waals surface area contributed by atoms with E-state index in [4.69, 9.17) is 0 Å². The first-order chi connectivity index (χ1) is 8.74. The molecule has 1 aromatic heterocycles. The van der Waals surface area contributed by atoms with Crippen molar-refractivity contribution in [2.75, 3.05) is 11.4 Å².